The molecule has 1 aliphatic heterocycles. The molecule has 0 bridgehead atoms. The number of aryl methyl sites for hydroxylation is 1. The van der Waals surface area contributed by atoms with Gasteiger partial charge in [-0.25, -0.2) is 9.78 Å². The molecular formula is C24H30ClN5O4. The van der Waals surface area contributed by atoms with Crippen LogP contribution >= 0.6 is 12.4 Å². The van der Waals surface area contributed by atoms with Gasteiger partial charge >= 0.3 is 6.09 Å². The van der Waals surface area contributed by atoms with Crippen molar-refractivity contribution in [2.45, 2.75) is 32.9 Å². The van der Waals surface area contributed by atoms with E-state index in [1.54, 1.807) is 25.1 Å². The minimum atomic E-state index is -0.282. The zero-order valence-electron chi connectivity index (χ0n) is 19.5. The lowest BCUT2D eigenvalue weighted by Gasteiger charge is -2.16. The highest BCUT2D eigenvalue weighted by molar-refractivity contribution is 6.06. The number of carbonyl (C=O) groups is 2. The molecule has 10 heteroatoms. The van der Waals surface area contributed by atoms with E-state index in [0.29, 0.717) is 43.4 Å². The summed E-state index contributed by atoms with van der Waals surface area (Å²) in [7, 11) is 1.63. The van der Waals surface area contributed by atoms with Gasteiger partial charge in [0.15, 0.2) is 0 Å². The van der Waals surface area contributed by atoms with Crippen molar-refractivity contribution in [3.63, 3.8) is 0 Å². The molecule has 1 aromatic carbocycles. The molecule has 182 valence electrons. The van der Waals surface area contributed by atoms with Crippen molar-refractivity contribution in [2.24, 2.45) is 0 Å². The molecule has 1 atom stereocenters. The van der Waals surface area contributed by atoms with Crippen molar-refractivity contribution < 1.29 is 19.1 Å². The maximum Gasteiger partial charge on any atom is 0.409 e. The summed E-state index contributed by atoms with van der Waals surface area (Å²) < 4.78 is 12.3. The number of aromatic nitrogens is 2. The van der Waals surface area contributed by atoms with Crippen LogP contribution in [0.2, 0.25) is 0 Å². The second kappa shape index (κ2) is 11.1. The fraction of sp³-hybridized carbons (Fsp3) is 0.375. The molecule has 1 fully saturated rings. The number of ether oxygens (including phenoxy) is 2. The van der Waals surface area contributed by atoms with E-state index in [4.69, 9.17) is 9.47 Å². The summed E-state index contributed by atoms with van der Waals surface area (Å²) in [4.78, 5) is 30.9. The van der Waals surface area contributed by atoms with E-state index in [-0.39, 0.29) is 30.4 Å². The van der Waals surface area contributed by atoms with Crippen molar-refractivity contribution in [1.82, 2.24) is 14.5 Å². The van der Waals surface area contributed by atoms with Gasteiger partial charge in [0.2, 0.25) is 0 Å². The third-order valence-corrected chi connectivity index (χ3v) is 5.74. The molecule has 34 heavy (non-hydrogen) atoms. The average Bonchev–Trinajstić information content (AvgIpc) is 3.44. The van der Waals surface area contributed by atoms with Crippen LogP contribution < -0.4 is 15.4 Å². The summed E-state index contributed by atoms with van der Waals surface area (Å²) in [6.07, 6.45) is 2.17. The minimum absolute atomic E-state index is 0. The Kier molecular flexibility index (Phi) is 8.22. The molecule has 2 N–H and O–H groups in total. The largest absolute Gasteiger partial charge is 0.497 e. The Morgan fingerprint density at radius 3 is 2.68 bits per heavy atom. The molecule has 0 radical (unpaired) electrons. The molecule has 1 aliphatic rings. The van der Waals surface area contributed by atoms with Gasteiger partial charge in [-0.05, 0) is 56.7 Å². The van der Waals surface area contributed by atoms with Crippen molar-refractivity contribution in [3.05, 3.63) is 48.3 Å². The highest BCUT2D eigenvalue weighted by Crippen LogP contribution is 2.25. The first kappa shape index (κ1) is 25.2. The number of pyridine rings is 1. The number of nitrogens with zero attached hydrogens (tertiary/aromatic N) is 3. The third kappa shape index (κ3) is 5.36. The summed E-state index contributed by atoms with van der Waals surface area (Å²) >= 11 is 0. The Bertz CT molecular complexity index is 1150. The van der Waals surface area contributed by atoms with Crippen LogP contribution in [0.3, 0.4) is 0 Å². The summed E-state index contributed by atoms with van der Waals surface area (Å²) in [5.74, 6) is 1.25. The highest BCUT2D eigenvalue weighted by Gasteiger charge is 2.27. The Hall–Kier alpha value is -3.46. The summed E-state index contributed by atoms with van der Waals surface area (Å²) in [5.41, 5.74) is 2.16. The van der Waals surface area contributed by atoms with Gasteiger partial charge in [0.25, 0.3) is 5.91 Å². The molecule has 0 unspecified atom stereocenters. The predicted octanol–water partition coefficient (Wildman–Crippen LogP) is 4.38. The van der Waals surface area contributed by atoms with E-state index in [2.05, 4.69) is 15.6 Å². The number of hydrogen-bond donors (Lipinski definition) is 2. The van der Waals surface area contributed by atoms with E-state index < -0.39 is 0 Å². The maximum atomic E-state index is 13.0. The highest BCUT2D eigenvalue weighted by atomic mass is 35.5. The van der Waals surface area contributed by atoms with E-state index in [0.717, 1.165) is 23.1 Å². The first-order chi connectivity index (χ1) is 16.0. The molecule has 0 aliphatic carbocycles. The number of carbonyl (C=O) groups excluding carboxylic acids is 2. The summed E-state index contributed by atoms with van der Waals surface area (Å²) in [6, 6.07) is 11.4. The lowest BCUT2D eigenvalue weighted by Crippen LogP contribution is -2.32. The molecule has 9 nitrogen and oxygen atoms in total. The van der Waals surface area contributed by atoms with Crippen molar-refractivity contribution in [3.8, 4) is 5.75 Å². The number of nitrogens with one attached hydrogen (secondary N) is 2. The Labute approximate surface area is 204 Å². The number of hydrogen-bond acceptors (Lipinski definition) is 6. The SMILES string of the molecule is CCOC(=O)N1CC[C@H](Nc2ccc(NC(=O)c3cc4cc(OC)ccc4n3CC)cn2)C1.Cl. The zero-order valence-corrected chi connectivity index (χ0v) is 20.4. The number of rotatable bonds is 7. The van der Waals surface area contributed by atoms with Crippen LogP contribution in [0.4, 0.5) is 16.3 Å². The molecule has 2 amide bonds. The first-order valence-electron chi connectivity index (χ1n) is 11.1. The molecular weight excluding hydrogens is 458 g/mol. The summed E-state index contributed by atoms with van der Waals surface area (Å²) in [6.45, 7) is 6.08. The number of methoxy groups -OCH3 is 1. The van der Waals surface area contributed by atoms with Crippen molar-refractivity contribution >= 4 is 46.8 Å². The van der Waals surface area contributed by atoms with Crippen LogP contribution in [0.15, 0.2) is 42.6 Å². The van der Waals surface area contributed by atoms with Crippen LogP contribution in [0.5, 0.6) is 5.75 Å². The molecule has 0 spiro atoms. The summed E-state index contributed by atoms with van der Waals surface area (Å²) in [5, 5.41) is 7.22. The van der Waals surface area contributed by atoms with Gasteiger partial charge < -0.3 is 29.6 Å². The van der Waals surface area contributed by atoms with E-state index in [9.17, 15) is 9.59 Å². The molecule has 4 rings (SSSR count). The van der Waals surface area contributed by atoms with E-state index in [1.807, 2.05) is 47.9 Å². The third-order valence-electron chi connectivity index (χ3n) is 5.74. The quantitative estimate of drug-likeness (QED) is 0.513. The fourth-order valence-electron chi connectivity index (χ4n) is 4.12. The number of benzene rings is 1. The van der Waals surface area contributed by atoms with Crippen molar-refractivity contribution in [1.29, 1.82) is 0 Å². The van der Waals surface area contributed by atoms with Gasteiger partial charge in [0.05, 0.1) is 25.6 Å². The Morgan fingerprint density at radius 2 is 2.00 bits per heavy atom. The number of likely N-dealkylation sites (tertiary alicyclic amines) is 1. The normalized spacial score (nSPS) is 15.0. The van der Waals surface area contributed by atoms with Crippen LogP contribution in [0.25, 0.3) is 10.9 Å². The first-order valence-corrected chi connectivity index (χ1v) is 11.1. The number of halogens is 1. The van der Waals surface area contributed by atoms with Gasteiger partial charge in [-0.1, -0.05) is 0 Å². The van der Waals surface area contributed by atoms with Gasteiger partial charge in [-0.15, -0.1) is 12.4 Å². The Balaban J connectivity index is 0.00000324. The second-order valence-corrected chi connectivity index (χ2v) is 7.86. The smallest absolute Gasteiger partial charge is 0.409 e. The molecule has 1 saturated heterocycles. The standard InChI is InChI=1S/C24H29N5O4.ClH/c1-4-29-20-8-7-19(32-3)12-16(20)13-21(29)23(30)27-17-6-9-22(25-14-17)26-18-10-11-28(15-18)24(31)33-5-2;/h6-9,12-14,18H,4-5,10-11,15H2,1-3H3,(H,25,26)(H,27,30);1H/t18-;/m0./s1. The number of anilines is 2. The lowest BCUT2D eigenvalue weighted by molar-refractivity contribution is 0.101. The van der Waals surface area contributed by atoms with Crippen molar-refractivity contribution in [2.75, 3.05) is 37.4 Å². The number of amides is 2. The topological polar surface area (TPSA) is 97.7 Å². The van der Waals surface area contributed by atoms with E-state index in [1.165, 1.54) is 0 Å². The van der Waals surface area contributed by atoms with Gasteiger partial charge in [0.1, 0.15) is 17.3 Å². The minimum Gasteiger partial charge on any atom is -0.497 e. The average molecular weight is 488 g/mol. The fourth-order valence-corrected chi connectivity index (χ4v) is 4.12. The maximum absolute atomic E-state index is 13.0. The molecule has 3 aromatic rings. The Morgan fingerprint density at radius 1 is 1.18 bits per heavy atom. The van der Waals surface area contributed by atoms with Crippen LogP contribution in [0.1, 0.15) is 30.8 Å². The number of fused-ring (bicyclic) bond motifs is 1. The lowest BCUT2D eigenvalue weighted by atomic mass is 10.2. The van der Waals surface area contributed by atoms with Crippen LogP contribution in [-0.2, 0) is 11.3 Å². The second-order valence-electron chi connectivity index (χ2n) is 7.86. The van der Waals surface area contributed by atoms with Crippen LogP contribution in [-0.4, -0.2) is 59.3 Å². The van der Waals surface area contributed by atoms with Gasteiger partial charge in [-0.3, -0.25) is 4.79 Å². The molecule has 0 saturated carbocycles. The van der Waals surface area contributed by atoms with Gasteiger partial charge in [0, 0.05) is 36.6 Å². The predicted molar refractivity (Wildman–Crippen MR) is 134 cm³/mol. The van der Waals surface area contributed by atoms with E-state index >= 15 is 0 Å². The molecule has 3 heterocycles. The zero-order chi connectivity index (χ0) is 23.4. The van der Waals surface area contributed by atoms with Crippen LogP contribution in [0, 0.1) is 0 Å². The molecule has 2 aromatic heterocycles. The van der Waals surface area contributed by atoms with Gasteiger partial charge in [-0.2, -0.15) is 0 Å². The monoisotopic (exact) mass is 487 g/mol.